The number of hydrogen-bond acceptors (Lipinski definition) is 5. The fraction of sp³-hybridized carbons (Fsp3) is 0.158. The molecule has 1 aromatic carbocycles. The van der Waals surface area contributed by atoms with Crippen LogP contribution in [0.1, 0.15) is 16.7 Å². The summed E-state index contributed by atoms with van der Waals surface area (Å²) in [7, 11) is -4.13. The Morgan fingerprint density at radius 3 is 2.37 bits per heavy atom. The molecule has 1 aromatic heterocycles. The van der Waals surface area contributed by atoms with Gasteiger partial charge in [0.25, 0.3) is 10.0 Å². The van der Waals surface area contributed by atoms with E-state index in [2.05, 4.69) is 16.4 Å². The molecule has 7 nitrogen and oxygen atoms in total. The number of nitrogens with zero attached hydrogens (tertiary/aromatic N) is 3. The molecule has 0 aliphatic carbocycles. The van der Waals surface area contributed by atoms with E-state index in [-0.39, 0.29) is 22.1 Å². The minimum Gasteiger partial charge on any atom is -0.384 e. The van der Waals surface area contributed by atoms with Crippen LogP contribution < -0.4 is 10.5 Å². The summed E-state index contributed by atoms with van der Waals surface area (Å²) in [6.07, 6.45) is -1.45. The van der Waals surface area contributed by atoms with Gasteiger partial charge in [0.15, 0.2) is 5.82 Å². The largest absolute Gasteiger partial charge is 0.416 e. The van der Waals surface area contributed by atoms with Gasteiger partial charge in [0, 0.05) is 0 Å². The van der Waals surface area contributed by atoms with Crippen molar-refractivity contribution in [2.24, 2.45) is 5.73 Å². The van der Waals surface area contributed by atoms with Crippen molar-refractivity contribution < 1.29 is 21.6 Å². The minimum absolute atomic E-state index is 0.0508. The van der Waals surface area contributed by atoms with Gasteiger partial charge in [0.1, 0.15) is 17.5 Å². The summed E-state index contributed by atoms with van der Waals surface area (Å²) in [4.78, 5) is -0.0508. The third-order valence-electron chi connectivity index (χ3n) is 3.85. The van der Waals surface area contributed by atoms with Gasteiger partial charge in [-0.3, -0.25) is 4.72 Å². The van der Waals surface area contributed by atoms with Crippen LogP contribution in [0.15, 0.2) is 59.7 Å². The van der Waals surface area contributed by atoms with E-state index in [9.17, 15) is 26.9 Å². The van der Waals surface area contributed by atoms with Gasteiger partial charge >= 0.3 is 6.18 Å². The molecule has 0 aliphatic rings. The van der Waals surface area contributed by atoms with Crippen molar-refractivity contribution in [2.75, 3.05) is 4.72 Å². The topological polar surface area (TPSA) is 114 Å². The molecule has 0 spiro atoms. The van der Waals surface area contributed by atoms with Crippen LogP contribution >= 0.6 is 0 Å². The Labute approximate surface area is 171 Å². The monoisotopic (exact) mass is 437 g/mol. The zero-order valence-corrected chi connectivity index (χ0v) is 16.8. The van der Waals surface area contributed by atoms with Crippen molar-refractivity contribution >= 4 is 21.7 Å². The zero-order valence-electron chi connectivity index (χ0n) is 16.0. The van der Waals surface area contributed by atoms with E-state index in [0.717, 1.165) is 17.0 Å². The Morgan fingerprint density at radius 1 is 1.27 bits per heavy atom. The van der Waals surface area contributed by atoms with E-state index in [0.29, 0.717) is 23.3 Å². The number of benzene rings is 1. The number of nitriles is 1. The van der Waals surface area contributed by atoms with Gasteiger partial charge in [-0.05, 0) is 49.3 Å². The van der Waals surface area contributed by atoms with Crippen molar-refractivity contribution in [1.29, 1.82) is 5.26 Å². The number of nitrogens with two attached hydrogens (primary N) is 1. The summed E-state index contributed by atoms with van der Waals surface area (Å²) in [5.74, 6) is -0.649. The second-order valence-electron chi connectivity index (χ2n) is 6.27. The van der Waals surface area contributed by atoms with Gasteiger partial charge in [-0.15, -0.1) is 0 Å². The van der Waals surface area contributed by atoms with Crippen LogP contribution in [0.3, 0.4) is 0 Å². The first-order valence-corrected chi connectivity index (χ1v) is 9.84. The summed E-state index contributed by atoms with van der Waals surface area (Å²) in [6.45, 7) is 6.54. The number of anilines is 1. The highest BCUT2D eigenvalue weighted by molar-refractivity contribution is 7.92. The van der Waals surface area contributed by atoms with Gasteiger partial charge < -0.3 is 5.73 Å². The van der Waals surface area contributed by atoms with E-state index in [1.165, 1.54) is 12.1 Å². The normalized spacial score (nSPS) is 13.1. The Morgan fingerprint density at radius 2 is 1.87 bits per heavy atom. The Hall–Kier alpha value is -3.52. The van der Waals surface area contributed by atoms with Crippen LogP contribution in [-0.2, 0) is 10.0 Å². The van der Waals surface area contributed by atoms with Gasteiger partial charge in [-0.2, -0.15) is 28.2 Å². The molecular formula is C19H18F3N5O2S. The second-order valence-corrected chi connectivity index (χ2v) is 7.96. The molecule has 0 amide bonds. The molecular weight excluding hydrogens is 419 g/mol. The lowest BCUT2D eigenvalue weighted by Crippen LogP contribution is -2.19. The van der Waals surface area contributed by atoms with Crippen molar-refractivity contribution in [2.45, 2.75) is 24.9 Å². The average Bonchev–Trinajstić information content (AvgIpc) is 3.02. The van der Waals surface area contributed by atoms with Gasteiger partial charge in [0.2, 0.25) is 0 Å². The Kier molecular flexibility index (Phi) is 6.42. The summed E-state index contributed by atoms with van der Waals surface area (Å²) in [6, 6.07) is 6.42. The summed E-state index contributed by atoms with van der Waals surface area (Å²) >= 11 is 0. The number of allylic oxidation sites excluding steroid dienone is 4. The number of alkyl halides is 3. The minimum atomic E-state index is -4.64. The highest BCUT2D eigenvalue weighted by Gasteiger charge is 2.31. The van der Waals surface area contributed by atoms with Crippen LogP contribution in [0.25, 0.3) is 5.82 Å². The van der Waals surface area contributed by atoms with Crippen LogP contribution in [-0.4, -0.2) is 24.4 Å². The van der Waals surface area contributed by atoms with Crippen LogP contribution in [0.5, 0.6) is 0 Å². The molecule has 2 aromatic rings. The molecule has 2 rings (SSSR count). The number of halogens is 3. The second kappa shape index (κ2) is 8.46. The number of aromatic nitrogens is 2. The van der Waals surface area contributed by atoms with Crippen molar-refractivity contribution in [3.05, 3.63) is 71.5 Å². The molecule has 11 heteroatoms. The van der Waals surface area contributed by atoms with E-state index in [1.807, 2.05) is 0 Å². The van der Waals surface area contributed by atoms with Gasteiger partial charge in [0.05, 0.1) is 16.7 Å². The number of rotatable bonds is 6. The first-order chi connectivity index (χ1) is 13.9. The lowest BCUT2D eigenvalue weighted by molar-refractivity contribution is -0.0881. The molecule has 3 N–H and O–H groups in total. The predicted octanol–water partition coefficient (Wildman–Crippen LogP) is 3.60. The third kappa shape index (κ3) is 5.09. The van der Waals surface area contributed by atoms with Crippen LogP contribution in [0.4, 0.5) is 19.0 Å². The molecule has 1 heterocycles. The van der Waals surface area contributed by atoms with Gasteiger partial charge in [-0.25, -0.2) is 8.42 Å². The molecule has 0 fully saturated rings. The molecule has 30 heavy (non-hydrogen) atoms. The predicted molar refractivity (Wildman–Crippen MR) is 106 cm³/mol. The third-order valence-corrected chi connectivity index (χ3v) is 5.17. The maximum absolute atomic E-state index is 12.8. The molecule has 0 unspecified atom stereocenters. The molecule has 0 saturated carbocycles. The van der Waals surface area contributed by atoms with E-state index in [1.54, 1.807) is 26.0 Å². The number of sulfonamides is 1. The van der Waals surface area contributed by atoms with Gasteiger partial charge in [-0.1, -0.05) is 18.7 Å². The summed E-state index contributed by atoms with van der Waals surface area (Å²) in [5, 5.41) is 13.1. The lowest BCUT2D eigenvalue weighted by atomic mass is 10.2. The van der Waals surface area contributed by atoms with E-state index >= 15 is 0 Å². The van der Waals surface area contributed by atoms with Crippen molar-refractivity contribution in [3.63, 3.8) is 0 Å². The Bertz CT molecular complexity index is 1170. The quantitative estimate of drug-likeness (QED) is 0.671. The maximum Gasteiger partial charge on any atom is 0.416 e. The molecule has 0 atom stereocenters. The lowest BCUT2D eigenvalue weighted by Gasteiger charge is -2.12. The van der Waals surface area contributed by atoms with Crippen molar-refractivity contribution in [1.82, 2.24) is 9.78 Å². The highest BCUT2D eigenvalue weighted by Crippen LogP contribution is 2.27. The number of aryl methyl sites for hydroxylation is 2. The maximum atomic E-state index is 12.8. The van der Waals surface area contributed by atoms with Crippen molar-refractivity contribution in [3.8, 4) is 6.07 Å². The average molecular weight is 437 g/mol. The molecule has 158 valence electrons. The Balaban J connectivity index is 2.52. The fourth-order valence-corrected chi connectivity index (χ4v) is 3.77. The molecule has 0 radical (unpaired) electrons. The molecule has 0 saturated heterocycles. The first-order valence-electron chi connectivity index (χ1n) is 8.35. The summed E-state index contributed by atoms with van der Waals surface area (Å²) < 4.78 is 67.1. The number of nitrogens with one attached hydrogen (secondary N) is 1. The van der Waals surface area contributed by atoms with E-state index < -0.39 is 21.8 Å². The molecule has 0 bridgehead atoms. The summed E-state index contributed by atoms with van der Waals surface area (Å²) in [5.41, 5.74) is 5.98. The molecule has 0 aliphatic heterocycles. The standard InChI is InChI=1S/C19H18F3N5O2S/c1-4-15(19(20,21)22)5-6-17(24)27-18(14(10-23)11-25-27)26-30(28,29)16-8-12(2)7-13(3)9-16/h4-9,11,26H,1,24H2,2-3H3/b15-5+,17-6+. The SMILES string of the molecule is C=C/C(=C\C=C(/N)n1ncc(C#N)c1NS(=O)(=O)c1cc(C)cc(C)c1)C(F)(F)F. The first kappa shape index (κ1) is 22.8. The fourth-order valence-electron chi connectivity index (χ4n) is 2.52. The highest BCUT2D eigenvalue weighted by atomic mass is 32.2. The van der Waals surface area contributed by atoms with Crippen LogP contribution in [0.2, 0.25) is 0 Å². The van der Waals surface area contributed by atoms with E-state index in [4.69, 9.17) is 5.73 Å². The number of hydrogen-bond donors (Lipinski definition) is 2. The smallest absolute Gasteiger partial charge is 0.384 e. The van der Waals surface area contributed by atoms with Crippen LogP contribution in [0, 0.1) is 25.2 Å². The zero-order chi connectivity index (χ0) is 22.7.